The van der Waals surface area contributed by atoms with Crippen molar-refractivity contribution in [1.82, 2.24) is 10.2 Å². The average molecular weight is 383 g/mol. The van der Waals surface area contributed by atoms with Gasteiger partial charge in [0.05, 0.1) is 5.92 Å². The van der Waals surface area contributed by atoms with Gasteiger partial charge in [-0.25, -0.2) is 4.79 Å². The fourth-order valence-corrected chi connectivity index (χ4v) is 3.06. The van der Waals surface area contributed by atoms with E-state index in [0.29, 0.717) is 30.0 Å². The van der Waals surface area contributed by atoms with Gasteiger partial charge in [0.25, 0.3) is 5.91 Å². The third-order valence-electron chi connectivity index (χ3n) is 4.40. The molecule has 7 nitrogen and oxygen atoms in total. The van der Waals surface area contributed by atoms with Crippen LogP contribution in [0, 0.1) is 5.92 Å². The van der Waals surface area contributed by atoms with Crippen LogP contribution in [0.2, 0.25) is 5.02 Å². The van der Waals surface area contributed by atoms with E-state index in [0.717, 1.165) is 0 Å². The maximum atomic E-state index is 12.6. The second kappa shape index (κ2) is 9.54. The lowest BCUT2D eigenvalue weighted by Gasteiger charge is -2.32. The van der Waals surface area contributed by atoms with E-state index in [1.54, 1.807) is 29.2 Å². The summed E-state index contributed by atoms with van der Waals surface area (Å²) in [6.07, 6.45) is 1.50. The number of carbonyl (C=O) groups excluding carboxylic acids is 2. The Morgan fingerprint density at radius 1 is 1.35 bits per heavy atom. The van der Waals surface area contributed by atoms with Crippen molar-refractivity contribution in [1.29, 1.82) is 0 Å². The topological polar surface area (TPSA) is 95.9 Å². The van der Waals surface area contributed by atoms with E-state index in [1.165, 1.54) is 7.11 Å². The lowest BCUT2D eigenvalue weighted by atomic mass is 9.96. The van der Waals surface area contributed by atoms with E-state index in [9.17, 15) is 19.5 Å². The summed E-state index contributed by atoms with van der Waals surface area (Å²) in [4.78, 5) is 37.9. The summed E-state index contributed by atoms with van der Waals surface area (Å²) in [5, 5.41) is 12.3. The third-order valence-corrected chi connectivity index (χ3v) is 4.65. The Labute approximate surface area is 157 Å². The van der Waals surface area contributed by atoms with E-state index in [4.69, 9.17) is 16.3 Å². The normalized spacial score (nSPS) is 18.2. The van der Waals surface area contributed by atoms with Gasteiger partial charge in [0.15, 0.2) is 0 Å². The number of carboxylic acid groups (broad SMARTS) is 1. The van der Waals surface area contributed by atoms with Crippen molar-refractivity contribution in [2.45, 2.75) is 25.3 Å². The SMILES string of the molecule is COCCC(NC(=O)C1CCCN(C(=O)c2ccc(Cl)cc2)C1)C(=O)O. The number of piperidine rings is 1. The Kier molecular flexibility index (Phi) is 7.41. The third kappa shape index (κ3) is 5.44. The van der Waals surface area contributed by atoms with Crippen LogP contribution in [0.3, 0.4) is 0 Å². The molecule has 1 aliphatic heterocycles. The van der Waals surface area contributed by atoms with Gasteiger partial charge in [-0.1, -0.05) is 11.6 Å². The second-order valence-corrected chi connectivity index (χ2v) is 6.71. The number of benzene rings is 1. The van der Waals surface area contributed by atoms with Crippen LogP contribution in [0.5, 0.6) is 0 Å². The summed E-state index contributed by atoms with van der Waals surface area (Å²) in [6, 6.07) is 5.61. The van der Waals surface area contributed by atoms with E-state index < -0.39 is 17.9 Å². The zero-order valence-corrected chi connectivity index (χ0v) is 15.4. The Hall–Kier alpha value is -2.12. The van der Waals surface area contributed by atoms with E-state index in [2.05, 4.69) is 5.32 Å². The van der Waals surface area contributed by atoms with Crippen LogP contribution in [0.15, 0.2) is 24.3 Å². The number of methoxy groups -OCH3 is 1. The fourth-order valence-electron chi connectivity index (χ4n) is 2.93. The van der Waals surface area contributed by atoms with Crippen LogP contribution >= 0.6 is 11.6 Å². The molecule has 2 N–H and O–H groups in total. The average Bonchev–Trinajstić information content (AvgIpc) is 2.64. The standard InChI is InChI=1S/C18H23ClN2O5/c1-26-10-8-15(18(24)25)20-16(22)13-3-2-9-21(11-13)17(23)12-4-6-14(19)7-5-12/h4-7,13,15H,2-3,8-11H2,1H3,(H,20,22)(H,24,25). The lowest BCUT2D eigenvalue weighted by molar-refractivity contribution is -0.143. The van der Waals surface area contributed by atoms with Crippen LogP contribution in [0.1, 0.15) is 29.6 Å². The number of carbonyl (C=O) groups is 3. The molecule has 1 aromatic carbocycles. The number of hydrogen-bond acceptors (Lipinski definition) is 4. The Bertz CT molecular complexity index is 649. The van der Waals surface area contributed by atoms with Gasteiger partial charge in [-0.2, -0.15) is 0 Å². The highest BCUT2D eigenvalue weighted by Gasteiger charge is 2.31. The maximum Gasteiger partial charge on any atom is 0.326 e. The minimum atomic E-state index is -1.10. The van der Waals surface area contributed by atoms with Crippen molar-refractivity contribution in [2.24, 2.45) is 5.92 Å². The number of nitrogens with one attached hydrogen (secondary N) is 1. The minimum Gasteiger partial charge on any atom is -0.480 e. The molecule has 1 fully saturated rings. The van der Waals surface area contributed by atoms with Gasteiger partial charge in [0.1, 0.15) is 6.04 Å². The number of rotatable bonds is 7. The van der Waals surface area contributed by atoms with Crippen molar-refractivity contribution >= 4 is 29.4 Å². The zero-order chi connectivity index (χ0) is 19.1. The van der Waals surface area contributed by atoms with Gasteiger partial charge in [-0.05, 0) is 37.1 Å². The number of ether oxygens (including phenoxy) is 1. The predicted octanol–water partition coefficient (Wildman–Crippen LogP) is 1.80. The number of halogens is 1. The molecule has 2 atom stereocenters. The molecular formula is C18H23ClN2O5. The van der Waals surface area contributed by atoms with E-state index >= 15 is 0 Å². The Balaban J connectivity index is 1.97. The molecule has 0 spiro atoms. The summed E-state index contributed by atoms with van der Waals surface area (Å²) in [5.74, 6) is -2.03. The van der Waals surface area contributed by atoms with Crippen molar-refractivity contribution in [2.75, 3.05) is 26.8 Å². The molecule has 2 unspecified atom stereocenters. The molecule has 1 saturated heterocycles. The summed E-state index contributed by atoms with van der Waals surface area (Å²) in [7, 11) is 1.47. The predicted molar refractivity (Wildman–Crippen MR) is 96.1 cm³/mol. The molecule has 0 bridgehead atoms. The van der Waals surface area contributed by atoms with E-state index in [1.807, 2.05) is 0 Å². The number of likely N-dealkylation sites (tertiary alicyclic amines) is 1. The maximum absolute atomic E-state index is 12.6. The molecule has 2 rings (SSSR count). The zero-order valence-electron chi connectivity index (χ0n) is 14.6. The molecule has 0 aromatic heterocycles. The minimum absolute atomic E-state index is 0.159. The molecule has 1 heterocycles. The molecular weight excluding hydrogens is 360 g/mol. The van der Waals surface area contributed by atoms with Gasteiger partial charge in [-0.3, -0.25) is 9.59 Å². The van der Waals surface area contributed by atoms with Crippen LogP contribution in [-0.4, -0.2) is 60.6 Å². The molecule has 26 heavy (non-hydrogen) atoms. The highest BCUT2D eigenvalue weighted by molar-refractivity contribution is 6.30. The molecule has 0 saturated carbocycles. The monoisotopic (exact) mass is 382 g/mol. The van der Waals surface area contributed by atoms with Crippen LogP contribution < -0.4 is 5.32 Å². The number of nitrogens with zero attached hydrogens (tertiary/aromatic N) is 1. The van der Waals surface area contributed by atoms with Gasteiger partial charge in [0, 0.05) is 43.8 Å². The first-order valence-electron chi connectivity index (χ1n) is 8.49. The highest BCUT2D eigenvalue weighted by Crippen LogP contribution is 2.20. The number of carboxylic acids is 1. The lowest BCUT2D eigenvalue weighted by Crippen LogP contribution is -2.49. The first-order valence-corrected chi connectivity index (χ1v) is 8.87. The van der Waals surface area contributed by atoms with Crippen LogP contribution in [-0.2, 0) is 14.3 Å². The number of amides is 2. The van der Waals surface area contributed by atoms with Crippen LogP contribution in [0.4, 0.5) is 0 Å². The Morgan fingerprint density at radius 3 is 2.65 bits per heavy atom. The van der Waals surface area contributed by atoms with Gasteiger partial charge in [0.2, 0.25) is 5.91 Å². The highest BCUT2D eigenvalue weighted by atomic mass is 35.5. The molecule has 8 heteroatoms. The quantitative estimate of drug-likeness (QED) is 0.749. The molecule has 1 aromatic rings. The number of aliphatic carboxylic acids is 1. The summed E-state index contributed by atoms with van der Waals surface area (Å²) < 4.78 is 4.88. The summed E-state index contributed by atoms with van der Waals surface area (Å²) in [5.41, 5.74) is 0.513. The Morgan fingerprint density at radius 2 is 2.04 bits per heavy atom. The van der Waals surface area contributed by atoms with Crippen molar-refractivity contribution < 1.29 is 24.2 Å². The first kappa shape index (κ1) is 20.2. The fraction of sp³-hybridized carbons (Fsp3) is 0.500. The molecule has 0 radical (unpaired) electrons. The smallest absolute Gasteiger partial charge is 0.326 e. The molecule has 1 aliphatic rings. The largest absolute Gasteiger partial charge is 0.480 e. The van der Waals surface area contributed by atoms with E-state index in [-0.39, 0.29) is 31.4 Å². The van der Waals surface area contributed by atoms with Crippen molar-refractivity contribution in [3.63, 3.8) is 0 Å². The molecule has 0 aliphatic carbocycles. The molecule has 142 valence electrons. The van der Waals surface area contributed by atoms with Crippen molar-refractivity contribution in [3.8, 4) is 0 Å². The van der Waals surface area contributed by atoms with Crippen LogP contribution in [0.25, 0.3) is 0 Å². The second-order valence-electron chi connectivity index (χ2n) is 6.28. The summed E-state index contributed by atoms with van der Waals surface area (Å²) in [6.45, 7) is 1.07. The summed E-state index contributed by atoms with van der Waals surface area (Å²) >= 11 is 5.84. The number of hydrogen-bond donors (Lipinski definition) is 2. The van der Waals surface area contributed by atoms with Gasteiger partial charge >= 0.3 is 5.97 Å². The van der Waals surface area contributed by atoms with Gasteiger partial charge in [-0.15, -0.1) is 0 Å². The van der Waals surface area contributed by atoms with Crippen molar-refractivity contribution in [3.05, 3.63) is 34.9 Å². The first-order chi connectivity index (χ1) is 12.4. The van der Waals surface area contributed by atoms with Gasteiger partial charge < -0.3 is 20.1 Å². The molecule has 2 amide bonds.